The number of ether oxygens (including phenoxy) is 2. The van der Waals surface area contributed by atoms with Gasteiger partial charge < -0.3 is 20.1 Å². The van der Waals surface area contributed by atoms with Gasteiger partial charge in [0.25, 0.3) is 0 Å². The molecule has 2 N–H and O–H groups in total. The van der Waals surface area contributed by atoms with Gasteiger partial charge >= 0.3 is 0 Å². The van der Waals surface area contributed by atoms with Crippen molar-refractivity contribution in [2.75, 3.05) is 26.8 Å². The van der Waals surface area contributed by atoms with E-state index in [4.69, 9.17) is 21.1 Å². The van der Waals surface area contributed by atoms with Gasteiger partial charge in [0, 0.05) is 20.1 Å². The summed E-state index contributed by atoms with van der Waals surface area (Å²) in [4.78, 5) is 4.22. The molecule has 1 aliphatic heterocycles. The maximum atomic E-state index is 6.23. The Bertz CT molecular complexity index is 544. The summed E-state index contributed by atoms with van der Waals surface area (Å²) >= 11 is 6.23. The predicted octanol–water partition coefficient (Wildman–Crippen LogP) is 2.19. The molecule has 0 radical (unpaired) electrons. The van der Waals surface area contributed by atoms with Crippen molar-refractivity contribution in [3.05, 3.63) is 22.7 Å². The Labute approximate surface area is 129 Å². The number of aliphatic imine (C=N–C) groups is 1. The van der Waals surface area contributed by atoms with Crippen LogP contribution in [-0.4, -0.2) is 32.8 Å². The van der Waals surface area contributed by atoms with E-state index in [2.05, 4.69) is 15.6 Å². The lowest BCUT2D eigenvalue weighted by Gasteiger charge is -2.20. The molecular weight excluding hydrogens is 290 g/mol. The van der Waals surface area contributed by atoms with Crippen molar-refractivity contribution in [1.82, 2.24) is 10.6 Å². The molecule has 1 aliphatic carbocycles. The summed E-state index contributed by atoms with van der Waals surface area (Å²) < 4.78 is 11.1. The smallest absolute Gasteiger partial charge is 0.191 e. The zero-order chi connectivity index (χ0) is 14.7. The van der Waals surface area contributed by atoms with E-state index in [1.165, 1.54) is 12.8 Å². The van der Waals surface area contributed by atoms with Gasteiger partial charge in [-0.15, -0.1) is 0 Å². The molecule has 114 valence electrons. The molecule has 21 heavy (non-hydrogen) atoms. The molecule has 0 aromatic heterocycles. The highest BCUT2D eigenvalue weighted by molar-refractivity contribution is 6.32. The molecule has 2 aliphatic rings. The molecule has 1 fully saturated rings. The largest absolute Gasteiger partial charge is 0.486 e. The van der Waals surface area contributed by atoms with Gasteiger partial charge in [-0.05, 0) is 36.5 Å². The number of guanidine groups is 1. The van der Waals surface area contributed by atoms with Gasteiger partial charge in [-0.25, -0.2) is 0 Å². The maximum absolute atomic E-state index is 6.23. The van der Waals surface area contributed by atoms with E-state index in [1.807, 2.05) is 12.1 Å². The van der Waals surface area contributed by atoms with Crippen LogP contribution in [0.3, 0.4) is 0 Å². The van der Waals surface area contributed by atoms with Crippen molar-refractivity contribution in [3.8, 4) is 11.5 Å². The van der Waals surface area contributed by atoms with Crippen molar-refractivity contribution < 1.29 is 9.47 Å². The molecule has 1 saturated carbocycles. The first kappa shape index (κ1) is 14.3. The van der Waals surface area contributed by atoms with Crippen LogP contribution >= 0.6 is 11.6 Å². The summed E-state index contributed by atoms with van der Waals surface area (Å²) in [5.41, 5.74) is 1.04. The zero-order valence-electron chi connectivity index (χ0n) is 12.1. The molecule has 0 amide bonds. The van der Waals surface area contributed by atoms with Crippen molar-refractivity contribution in [1.29, 1.82) is 0 Å². The van der Waals surface area contributed by atoms with Crippen LogP contribution in [-0.2, 0) is 6.54 Å². The first-order chi connectivity index (χ1) is 10.3. The molecule has 3 rings (SSSR count). The van der Waals surface area contributed by atoms with Crippen LogP contribution in [0, 0.1) is 5.92 Å². The predicted molar refractivity (Wildman–Crippen MR) is 83.4 cm³/mol. The normalized spacial score (nSPS) is 17.5. The zero-order valence-corrected chi connectivity index (χ0v) is 12.9. The molecule has 6 heteroatoms. The second-order valence-electron chi connectivity index (χ2n) is 5.35. The number of hydrogen-bond acceptors (Lipinski definition) is 3. The standard InChI is InChI=1S/C15H20ClN3O2/c1-17-15(18-8-10-2-3-10)19-9-11-6-12(16)14-13(7-11)20-4-5-21-14/h6-7,10H,2-5,8-9H2,1H3,(H2,17,18,19). The lowest BCUT2D eigenvalue weighted by Crippen LogP contribution is -2.37. The molecule has 1 aromatic rings. The van der Waals surface area contributed by atoms with Crippen molar-refractivity contribution in [2.45, 2.75) is 19.4 Å². The van der Waals surface area contributed by atoms with E-state index in [9.17, 15) is 0 Å². The number of fused-ring (bicyclic) bond motifs is 1. The van der Waals surface area contributed by atoms with Gasteiger partial charge in [-0.3, -0.25) is 4.99 Å². The quantitative estimate of drug-likeness (QED) is 0.661. The van der Waals surface area contributed by atoms with Gasteiger partial charge in [0.15, 0.2) is 17.5 Å². The van der Waals surface area contributed by atoms with Crippen LogP contribution in [0.5, 0.6) is 11.5 Å². The highest BCUT2D eigenvalue weighted by Crippen LogP contribution is 2.38. The highest BCUT2D eigenvalue weighted by Gasteiger charge is 2.21. The summed E-state index contributed by atoms with van der Waals surface area (Å²) in [5, 5.41) is 7.20. The fraction of sp³-hybridized carbons (Fsp3) is 0.533. The number of nitrogens with zero attached hydrogens (tertiary/aromatic N) is 1. The number of nitrogens with one attached hydrogen (secondary N) is 2. The molecule has 1 heterocycles. The van der Waals surface area contributed by atoms with Gasteiger partial charge in [0.2, 0.25) is 0 Å². The van der Waals surface area contributed by atoms with Crippen LogP contribution in [0.1, 0.15) is 18.4 Å². The Morgan fingerprint density at radius 3 is 2.86 bits per heavy atom. The number of halogens is 1. The minimum absolute atomic E-state index is 0.544. The van der Waals surface area contributed by atoms with Crippen LogP contribution in [0.4, 0.5) is 0 Å². The summed E-state index contributed by atoms with van der Waals surface area (Å²) in [6.07, 6.45) is 2.64. The highest BCUT2D eigenvalue weighted by atomic mass is 35.5. The lowest BCUT2D eigenvalue weighted by molar-refractivity contribution is 0.171. The van der Waals surface area contributed by atoms with Crippen molar-refractivity contribution in [2.24, 2.45) is 10.9 Å². The number of benzene rings is 1. The van der Waals surface area contributed by atoms with Gasteiger partial charge in [0.1, 0.15) is 13.2 Å². The topological polar surface area (TPSA) is 54.9 Å². The van der Waals surface area contributed by atoms with E-state index in [-0.39, 0.29) is 0 Å². The summed E-state index contributed by atoms with van der Waals surface area (Å²) in [7, 11) is 1.78. The average molecular weight is 310 g/mol. The third-order valence-electron chi connectivity index (χ3n) is 3.60. The Hall–Kier alpha value is -1.62. The number of rotatable bonds is 4. The SMILES string of the molecule is CN=C(NCc1cc(Cl)c2c(c1)OCCO2)NCC1CC1. The first-order valence-electron chi connectivity index (χ1n) is 7.29. The van der Waals surface area contributed by atoms with Crippen LogP contribution < -0.4 is 20.1 Å². The lowest BCUT2D eigenvalue weighted by atomic mass is 10.2. The third-order valence-corrected chi connectivity index (χ3v) is 3.88. The van der Waals surface area contributed by atoms with Crippen LogP contribution in [0.2, 0.25) is 5.02 Å². The molecular formula is C15H20ClN3O2. The number of hydrogen-bond donors (Lipinski definition) is 2. The summed E-state index contributed by atoms with van der Waals surface area (Å²) in [6, 6.07) is 3.86. The van der Waals surface area contributed by atoms with Crippen LogP contribution in [0.15, 0.2) is 17.1 Å². The van der Waals surface area contributed by atoms with E-state index in [0.29, 0.717) is 36.3 Å². The summed E-state index contributed by atoms with van der Waals surface area (Å²) in [5.74, 6) is 2.98. The molecule has 5 nitrogen and oxygen atoms in total. The molecule has 0 spiro atoms. The van der Waals surface area contributed by atoms with Crippen LogP contribution in [0.25, 0.3) is 0 Å². The average Bonchev–Trinajstić information content (AvgIpc) is 3.32. The fourth-order valence-corrected chi connectivity index (χ4v) is 2.52. The Balaban J connectivity index is 1.60. The molecule has 0 saturated heterocycles. The summed E-state index contributed by atoms with van der Waals surface area (Å²) in [6.45, 7) is 2.73. The van der Waals surface area contributed by atoms with Crippen molar-refractivity contribution in [3.63, 3.8) is 0 Å². The van der Waals surface area contributed by atoms with Gasteiger partial charge in [-0.2, -0.15) is 0 Å². The Kier molecular flexibility index (Phi) is 4.39. The fourth-order valence-electron chi connectivity index (χ4n) is 2.24. The minimum atomic E-state index is 0.544. The van der Waals surface area contributed by atoms with E-state index < -0.39 is 0 Å². The second kappa shape index (κ2) is 6.43. The first-order valence-corrected chi connectivity index (χ1v) is 7.66. The van der Waals surface area contributed by atoms with Gasteiger partial charge in [0.05, 0.1) is 5.02 Å². The monoisotopic (exact) mass is 309 g/mol. The Morgan fingerprint density at radius 2 is 2.10 bits per heavy atom. The second-order valence-corrected chi connectivity index (χ2v) is 5.76. The van der Waals surface area contributed by atoms with E-state index >= 15 is 0 Å². The molecule has 0 atom stereocenters. The van der Waals surface area contributed by atoms with E-state index in [1.54, 1.807) is 7.05 Å². The Morgan fingerprint density at radius 1 is 1.29 bits per heavy atom. The van der Waals surface area contributed by atoms with Gasteiger partial charge in [-0.1, -0.05) is 11.6 Å². The molecule has 1 aromatic carbocycles. The molecule has 0 unspecified atom stereocenters. The van der Waals surface area contributed by atoms with Crippen molar-refractivity contribution >= 4 is 17.6 Å². The minimum Gasteiger partial charge on any atom is -0.486 e. The molecule has 0 bridgehead atoms. The maximum Gasteiger partial charge on any atom is 0.191 e. The van der Waals surface area contributed by atoms with E-state index in [0.717, 1.165) is 24.0 Å². The third kappa shape index (κ3) is 3.73.